The Hall–Kier alpha value is -2.66. The van der Waals surface area contributed by atoms with Gasteiger partial charge in [0, 0.05) is 13.1 Å². The number of carbonyl (C=O) groups excluding carboxylic acids is 1. The van der Waals surface area contributed by atoms with Gasteiger partial charge in [0.2, 0.25) is 10.0 Å². The first-order valence-corrected chi connectivity index (χ1v) is 11.0. The van der Waals surface area contributed by atoms with E-state index in [2.05, 4.69) is 5.32 Å². The van der Waals surface area contributed by atoms with E-state index in [9.17, 15) is 30.8 Å². The Morgan fingerprint density at radius 1 is 1.03 bits per heavy atom. The smallest absolute Gasteiger partial charge is 0.258 e. The fourth-order valence-electron chi connectivity index (χ4n) is 3.23. The maximum Gasteiger partial charge on any atom is 0.258 e. The van der Waals surface area contributed by atoms with E-state index in [1.165, 1.54) is 16.4 Å². The summed E-state index contributed by atoms with van der Waals surface area (Å²) in [4.78, 5) is 12.3. The zero-order valence-electron chi connectivity index (χ0n) is 16.6. The Balaban J connectivity index is 1.98. The van der Waals surface area contributed by atoms with E-state index < -0.39 is 44.8 Å². The molecule has 0 saturated carbocycles. The fourth-order valence-corrected chi connectivity index (χ4v) is 4.77. The number of piperidine rings is 1. The number of ether oxygens (including phenoxy) is 1. The molecule has 0 atom stereocenters. The first-order valence-electron chi connectivity index (χ1n) is 9.58. The lowest BCUT2D eigenvalue weighted by molar-refractivity contribution is 0.102. The normalized spacial score (nSPS) is 15.0. The average Bonchev–Trinajstić information content (AvgIpc) is 2.76. The van der Waals surface area contributed by atoms with Crippen LogP contribution in [0.1, 0.15) is 36.5 Å². The van der Waals surface area contributed by atoms with Crippen molar-refractivity contribution in [3.63, 3.8) is 0 Å². The largest absolute Gasteiger partial charge is 0.492 e. The molecule has 1 amide bonds. The van der Waals surface area contributed by atoms with Crippen molar-refractivity contribution in [3.8, 4) is 5.75 Å². The summed E-state index contributed by atoms with van der Waals surface area (Å²) in [5.41, 5.74) is -1.22. The number of halogens is 4. The highest BCUT2D eigenvalue weighted by Gasteiger charge is 2.28. The van der Waals surface area contributed by atoms with Crippen LogP contribution in [0.25, 0.3) is 0 Å². The zero-order chi connectivity index (χ0) is 22.8. The number of hydrogen-bond donors (Lipinski definition) is 1. The van der Waals surface area contributed by atoms with Crippen molar-refractivity contribution < 1.29 is 35.5 Å². The predicted octanol–water partition coefficient (Wildman–Crippen LogP) is 4.07. The van der Waals surface area contributed by atoms with Gasteiger partial charge in [-0.15, -0.1) is 0 Å². The van der Waals surface area contributed by atoms with Crippen molar-refractivity contribution in [2.45, 2.75) is 31.1 Å². The monoisotopic (exact) mass is 460 g/mol. The molecule has 2 aromatic carbocycles. The highest BCUT2D eigenvalue weighted by atomic mass is 32.2. The van der Waals surface area contributed by atoms with Crippen LogP contribution in [0.15, 0.2) is 29.2 Å². The van der Waals surface area contributed by atoms with Gasteiger partial charge in [0.25, 0.3) is 5.91 Å². The minimum absolute atomic E-state index is 0.0666. The molecule has 2 aromatic rings. The molecule has 31 heavy (non-hydrogen) atoms. The lowest BCUT2D eigenvalue weighted by Gasteiger charge is -2.26. The van der Waals surface area contributed by atoms with Crippen LogP contribution in [0.5, 0.6) is 5.75 Å². The summed E-state index contributed by atoms with van der Waals surface area (Å²) in [6.07, 6.45) is 2.37. The summed E-state index contributed by atoms with van der Waals surface area (Å²) in [6.45, 7) is 2.52. The quantitative estimate of drug-likeness (QED) is 0.401. The third-order valence-corrected chi connectivity index (χ3v) is 6.69. The fraction of sp³-hybridized carbons (Fsp3) is 0.350. The summed E-state index contributed by atoms with van der Waals surface area (Å²) in [6, 6.07) is 3.97. The van der Waals surface area contributed by atoms with E-state index in [0.29, 0.717) is 13.1 Å². The van der Waals surface area contributed by atoms with Crippen LogP contribution in [0, 0.1) is 23.3 Å². The van der Waals surface area contributed by atoms with Gasteiger partial charge in [0.1, 0.15) is 5.75 Å². The van der Waals surface area contributed by atoms with Gasteiger partial charge in [-0.25, -0.2) is 26.0 Å². The predicted molar refractivity (Wildman–Crippen MR) is 104 cm³/mol. The van der Waals surface area contributed by atoms with Gasteiger partial charge in [-0.1, -0.05) is 6.42 Å². The van der Waals surface area contributed by atoms with Crippen molar-refractivity contribution in [1.29, 1.82) is 0 Å². The highest BCUT2D eigenvalue weighted by Crippen LogP contribution is 2.31. The van der Waals surface area contributed by atoms with Gasteiger partial charge in [-0.3, -0.25) is 4.79 Å². The molecule has 0 radical (unpaired) electrons. The lowest BCUT2D eigenvalue weighted by atomic mass is 10.1. The Labute approximate surface area is 176 Å². The van der Waals surface area contributed by atoms with Gasteiger partial charge in [0.15, 0.2) is 23.3 Å². The second-order valence-corrected chi connectivity index (χ2v) is 8.80. The van der Waals surface area contributed by atoms with Gasteiger partial charge in [-0.05, 0) is 44.0 Å². The van der Waals surface area contributed by atoms with Crippen LogP contribution in [0.2, 0.25) is 0 Å². The van der Waals surface area contributed by atoms with Crippen LogP contribution in [0.3, 0.4) is 0 Å². The second kappa shape index (κ2) is 9.23. The maximum absolute atomic E-state index is 14.0. The summed E-state index contributed by atoms with van der Waals surface area (Å²) >= 11 is 0. The number of amides is 1. The Bertz CT molecular complexity index is 1100. The number of sulfonamides is 1. The molecule has 0 aliphatic carbocycles. The molecule has 1 fully saturated rings. The van der Waals surface area contributed by atoms with Crippen LogP contribution in [-0.4, -0.2) is 38.3 Å². The van der Waals surface area contributed by atoms with E-state index in [4.69, 9.17) is 4.74 Å². The van der Waals surface area contributed by atoms with E-state index >= 15 is 0 Å². The standard InChI is InChI=1S/C20H20F4N2O4S/c1-2-30-16-7-6-12(31(28,29)26-8-4-3-5-9-26)10-15(16)25-20(27)13-11-14(21)18(23)19(24)17(13)22/h6-7,10-11H,2-5,8-9H2,1H3,(H,25,27). The summed E-state index contributed by atoms with van der Waals surface area (Å²) in [5.74, 6) is -9.02. The number of nitrogens with zero attached hydrogens (tertiary/aromatic N) is 1. The number of hydrogen-bond acceptors (Lipinski definition) is 4. The van der Waals surface area contributed by atoms with E-state index in [1.807, 2.05) is 0 Å². The minimum Gasteiger partial charge on any atom is -0.492 e. The Morgan fingerprint density at radius 2 is 1.71 bits per heavy atom. The third-order valence-electron chi connectivity index (χ3n) is 4.80. The molecule has 1 saturated heterocycles. The highest BCUT2D eigenvalue weighted by molar-refractivity contribution is 7.89. The maximum atomic E-state index is 14.0. The molecule has 0 unspecified atom stereocenters. The molecule has 0 bridgehead atoms. The van der Waals surface area contributed by atoms with Crippen molar-refractivity contribution in [2.24, 2.45) is 0 Å². The number of anilines is 1. The molecular formula is C20H20F4N2O4S. The summed E-state index contributed by atoms with van der Waals surface area (Å²) in [5, 5.41) is 2.20. The third kappa shape index (κ3) is 4.67. The molecule has 1 N–H and O–H groups in total. The first-order chi connectivity index (χ1) is 14.7. The Morgan fingerprint density at radius 3 is 2.35 bits per heavy atom. The van der Waals surface area contributed by atoms with Crippen molar-refractivity contribution >= 4 is 21.6 Å². The van der Waals surface area contributed by atoms with Crippen molar-refractivity contribution in [3.05, 3.63) is 53.1 Å². The van der Waals surface area contributed by atoms with Crippen molar-refractivity contribution in [2.75, 3.05) is 25.0 Å². The Kier molecular flexibility index (Phi) is 6.85. The van der Waals surface area contributed by atoms with Gasteiger partial charge in [-0.2, -0.15) is 4.31 Å². The lowest BCUT2D eigenvalue weighted by Crippen LogP contribution is -2.35. The number of benzene rings is 2. The van der Waals surface area contributed by atoms with Gasteiger partial charge >= 0.3 is 0 Å². The minimum atomic E-state index is -3.86. The molecule has 1 heterocycles. The van der Waals surface area contributed by atoms with E-state index in [1.54, 1.807) is 6.92 Å². The van der Waals surface area contributed by atoms with Gasteiger partial charge in [0.05, 0.1) is 22.8 Å². The molecular weight excluding hydrogens is 440 g/mol. The summed E-state index contributed by atoms with van der Waals surface area (Å²) in [7, 11) is -3.86. The molecule has 3 rings (SSSR count). The van der Waals surface area contributed by atoms with E-state index in [-0.39, 0.29) is 29.0 Å². The SMILES string of the molecule is CCOc1ccc(S(=O)(=O)N2CCCCC2)cc1NC(=O)c1cc(F)c(F)c(F)c1F. The van der Waals surface area contributed by atoms with Crippen LogP contribution < -0.4 is 10.1 Å². The van der Waals surface area contributed by atoms with Crippen LogP contribution >= 0.6 is 0 Å². The molecule has 0 aromatic heterocycles. The second-order valence-electron chi connectivity index (χ2n) is 6.86. The molecule has 6 nitrogen and oxygen atoms in total. The number of nitrogens with one attached hydrogen (secondary N) is 1. The topological polar surface area (TPSA) is 75.7 Å². The molecule has 0 spiro atoms. The van der Waals surface area contributed by atoms with E-state index in [0.717, 1.165) is 25.3 Å². The molecule has 1 aliphatic rings. The summed E-state index contributed by atoms with van der Waals surface area (Å²) < 4.78 is 86.6. The molecule has 168 valence electrons. The van der Waals surface area contributed by atoms with Gasteiger partial charge < -0.3 is 10.1 Å². The molecule has 11 heteroatoms. The molecule has 1 aliphatic heterocycles. The van der Waals surface area contributed by atoms with Crippen LogP contribution in [0.4, 0.5) is 23.2 Å². The van der Waals surface area contributed by atoms with Crippen LogP contribution in [-0.2, 0) is 10.0 Å². The van der Waals surface area contributed by atoms with Crippen molar-refractivity contribution in [1.82, 2.24) is 4.31 Å². The first kappa shape index (κ1) is 23.0. The zero-order valence-corrected chi connectivity index (χ0v) is 17.4. The number of rotatable bonds is 6. The number of carbonyl (C=O) groups is 1. The average molecular weight is 460 g/mol.